The molecule has 3 rings (SSSR count). The lowest BCUT2D eigenvalue weighted by Crippen LogP contribution is -2.24. The fraction of sp³-hybridized carbons (Fsp3) is 0. The Hall–Kier alpha value is -4.28. The van der Waals surface area contributed by atoms with E-state index in [1.165, 1.54) is 53.9 Å². The zero-order chi connectivity index (χ0) is 23.3. The lowest BCUT2D eigenvalue weighted by molar-refractivity contribution is -0.384. The number of rotatable bonds is 7. The number of non-ortho nitro benzene ring substituents is 1. The highest BCUT2D eigenvalue weighted by Crippen LogP contribution is 2.27. The van der Waals surface area contributed by atoms with Crippen LogP contribution in [0.15, 0.2) is 69.4 Å². The van der Waals surface area contributed by atoms with Crippen molar-refractivity contribution in [1.82, 2.24) is 4.98 Å². The summed E-state index contributed by atoms with van der Waals surface area (Å²) in [6.45, 7) is 0. The number of aromatic nitrogens is 1. The van der Waals surface area contributed by atoms with Crippen LogP contribution in [-0.4, -0.2) is 24.3 Å². The number of nitrogens with one attached hydrogen (secondary N) is 1. The molecule has 162 valence electrons. The number of nitriles is 1. The van der Waals surface area contributed by atoms with Crippen LogP contribution in [0.2, 0.25) is 0 Å². The molecule has 1 aromatic heterocycles. The molecule has 0 bridgehead atoms. The summed E-state index contributed by atoms with van der Waals surface area (Å²) in [5, 5.41) is 25.4. The fourth-order valence-electron chi connectivity index (χ4n) is 2.50. The third-order valence-corrected chi connectivity index (χ3v) is 6.18. The van der Waals surface area contributed by atoms with Crippen molar-refractivity contribution in [3.63, 3.8) is 0 Å². The molecule has 2 aromatic carbocycles. The van der Waals surface area contributed by atoms with Crippen LogP contribution in [0.5, 0.6) is 0 Å². The zero-order valence-corrected chi connectivity index (χ0v) is 17.8. The van der Waals surface area contributed by atoms with Crippen LogP contribution in [0, 0.1) is 21.4 Å². The number of nitrogens with two attached hydrogens (primary N) is 2. The molecule has 0 aliphatic carbocycles. The van der Waals surface area contributed by atoms with E-state index in [0.29, 0.717) is 22.0 Å². The molecule has 0 unspecified atom stereocenters. The van der Waals surface area contributed by atoms with Gasteiger partial charge in [0.25, 0.3) is 15.7 Å². The quantitative estimate of drug-likeness (QED) is 0.153. The molecule has 5 N–H and O–H groups in total. The number of nitro groups is 1. The minimum atomic E-state index is -3.99. The van der Waals surface area contributed by atoms with Gasteiger partial charge in [0.05, 0.1) is 15.5 Å². The number of allylic oxidation sites excluding steroid dienone is 1. The first-order valence-electron chi connectivity index (χ1n) is 8.73. The molecule has 0 radical (unpaired) electrons. The second-order valence-electron chi connectivity index (χ2n) is 6.17. The van der Waals surface area contributed by atoms with Crippen molar-refractivity contribution in [3.05, 3.63) is 75.2 Å². The Kier molecular flexibility index (Phi) is 6.47. The predicted octanol–water partition coefficient (Wildman–Crippen LogP) is 2.66. The molecule has 1 heterocycles. The molecule has 0 saturated carbocycles. The fourth-order valence-corrected chi connectivity index (χ4v) is 4.15. The number of hydrogen-bond donors (Lipinski definition) is 3. The Bertz CT molecular complexity index is 1350. The standard InChI is InChI=1S/C19H15N7O4S2/c20-9-13(10-23-14-3-7-16(8-4-14)32(29,30)25-19(21)22)18-24-17(11-31-18)12-1-5-15(6-2-12)26(27)28/h1-8,10-11,23H,(H4,21,22,25). The summed E-state index contributed by atoms with van der Waals surface area (Å²) in [6, 6.07) is 13.6. The molecule has 11 nitrogen and oxygen atoms in total. The second-order valence-corrected chi connectivity index (χ2v) is 8.63. The first-order chi connectivity index (χ1) is 15.2. The van der Waals surface area contributed by atoms with Gasteiger partial charge in [-0.3, -0.25) is 10.1 Å². The van der Waals surface area contributed by atoms with Gasteiger partial charge in [0.1, 0.15) is 16.6 Å². The SMILES string of the molecule is N#CC(=CNc1ccc(S(=O)(=O)N=C(N)N)cc1)c1nc(-c2ccc([N+](=O)[O-])cc2)cs1. The average molecular weight is 470 g/mol. The van der Waals surface area contributed by atoms with Gasteiger partial charge in [0.2, 0.25) is 5.96 Å². The molecule has 0 atom stereocenters. The van der Waals surface area contributed by atoms with Crippen molar-refractivity contribution in [3.8, 4) is 17.3 Å². The lowest BCUT2D eigenvalue weighted by Gasteiger charge is -2.03. The summed E-state index contributed by atoms with van der Waals surface area (Å²) < 4.78 is 27.1. The minimum absolute atomic E-state index is 0.0249. The van der Waals surface area contributed by atoms with Gasteiger partial charge >= 0.3 is 0 Å². The Morgan fingerprint density at radius 1 is 1.19 bits per heavy atom. The van der Waals surface area contributed by atoms with E-state index in [-0.39, 0.29) is 16.2 Å². The van der Waals surface area contributed by atoms with Crippen molar-refractivity contribution >= 4 is 44.3 Å². The molecule has 0 fully saturated rings. The van der Waals surface area contributed by atoms with Gasteiger partial charge in [0, 0.05) is 35.0 Å². The molecule has 0 aliphatic rings. The first-order valence-corrected chi connectivity index (χ1v) is 11.0. The average Bonchev–Trinajstić information content (AvgIpc) is 3.24. The van der Waals surface area contributed by atoms with E-state index in [9.17, 15) is 23.8 Å². The highest BCUT2D eigenvalue weighted by molar-refractivity contribution is 7.90. The van der Waals surface area contributed by atoms with E-state index in [4.69, 9.17) is 11.5 Å². The van der Waals surface area contributed by atoms with E-state index < -0.39 is 20.9 Å². The molecule has 0 saturated heterocycles. The summed E-state index contributed by atoms with van der Waals surface area (Å²) >= 11 is 1.24. The number of anilines is 1. The monoisotopic (exact) mass is 469 g/mol. The van der Waals surface area contributed by atoms with Crippen LogP contribution in [0.4, 0.5) is 11.4 Å². The van der Waals surface area contributed by atoms with Crippen LogP contribution in [0.25, 0.3) is 16.8 Å². The van der Waals surface area contributed by atoms with E-state index >= 15 is 0 Å². The highest BCUT2D eigenvalue weighted by atomic mass is 32.2. The molecule has 3 aromatic rings. The number of nitro benzene ring substituents is 1. The molecule has 0 amide bonds. The van der Waals surface area contributed by atoms with Gasteiger partial charge < -0.3 is 16.8 Å². The lowest BCUT2D eigenvalue weighted by atomic mass is 10.1. The van der Waals surface area contributed by atoms with E-state index in [0.717, 1.165) is 0 Å². The molecule has 32 heavy (non-hydrogen) atoms. The Labute approximate surface area is 186 Å². The van der Waals surface area contributed by atoms with Gasteiger partial charge in [0.15, 0.2) is 0 Å². The second kappa shape index (κ2) is 9.25. The summed E-state index contributed by atoms with van der Waals surface area (Å²) in [7, 11) is -3.99. The maximum Gasteiger partial charge on any atom is 0.285 e. The number of thiazole rings is 1. The van der Waals surface area contributed by atoms with Crippen LogP contribution in [0.3, 0.4) is 0 Å². The van der Waals surface area contributed by atoms with Gasteiger partial charge in [-0.15, -0.1) is 15.7 Å². The molecular formula is C19H15N7O4S2. The van der Waals surface area contributed by atoms with Crippen molar-refractivity contribution in [2.75, 3.05) is 5.32 Å². The maximum atomic E-state index is 12.0. The number of hydrogen-bond acceptors (Lipinski definition) is 8. The van der Waals surface area contributed by atoms with Crippen molar-refractivity contribution in [2.24, 2.45) is 15.9 Å². The minimum Gasteiger partial charge on any atom is -0.369 e. The number of nitrogens with zero attached hydrogens (tertiary/aromatic N) is 4. The molecule has 0 spiro atoms. The van der Waals surface area contributed by atoms with Gasteiger partial charge in [-0.25, -0.2) is 4.98 Å². The van der Waals surface area contributed by atoms with Crippen LogP contribution < -0.4 is 16.8 Å². The maximum absolute atomic E-state index is 12.0. The summed E-state index contributed by atoms with van der Waals surface area (Å²) in [4.78, 5) is 14.6. The highest BCUT2D eigenvalue weighted by Gasteiger charge is 2.13. The van der Waals surface area contributed by atoms with Gasteiger partial charge in [-0.1, -0.05) is 0 Å². The smallest absolute Gasteiger partial charge is 0.285 e. The molecule has 0 aliphatic heterocycles. The zero-order valence-electron chi connectivity index (χ0n) is 16.2. The van der Waals surface area contributed by atoms with E-state index in [1.807, 2.05) is 0 Å². The van der Waals surface area contributed by atoms with Crippen molar-refractivity contribution in [1.29, 1.82) is 5.26 Å². The summed E-state index contributed by atoms with van der Waals surface area (Å²) in [5.74, 6) is -0.565. The normalized spacial score (nSPS) is 11.4. The largest absolute Gasteiger partial charge is 0.369 e. The Balaban J connectivity index is 1.77. The number of benzene rings is 2. The molecule has 13 heteroatoms. The van der Waals surface area contributed by atoms with E-state index in [1.54, 1.807) is 17.5 Å². The Morgan fingerprint density at radius 3 is 2.41 bits per heavy atom. The van der Waals surface area contributed by atoms with Crippen LogP contribution >= 0.6 is 11.3 Å². The summed E-state index contributed by atoms with van der Waals surface area (Å²) in [5.41, 5.74) is 12.2. The Morgan fingerprint density at radius 2 is 1.84 bits per heavy atom. The summed E-state index contributed by atoms with van der Waals surface area (Å²) in [6.07, 6.45) is 1.44. The predicted molar refractivity (Wildman–Crippen MR) is 121 cm³/mol. The van der Waals surface area contributed by atoms with E-state index in [2.05, 4.69) is 20.8 Å². The van der Waals surface area contributed by atoms with Crippen LogP contribution in [-0.2, 0) is 10.0 Å². The third kappa shape index (κ3) is 5.25. The van der Waals surface area contributed by atoms with Gasteiger partial charge in [-0.05, 0) is 36.4 Å². The number of sulfonamides is 1. The van der Waals surface area contributed by atoms with Crippen molar-refractivity contribution < 1.29 is 13.3 Å². The van der Waals surface area contributed by atoms with Crippen molar-refractivity contribution in [2.45, 2.75) is 4.90 Å². The topological polar surface area (TPSA) is 190 Å². The number of guanidine groups is 1. The third-order valence-electron chi connectivity index (χ3n) is 3.99. The first kappa shape index (κ1) is 22.4. The van der Waals surface area contributed by atoms with Crippen LogP contribution in [0.1, 0.15) is 5.01 Å². The molecular weight excluding hydrogens is 454 g/mol. The van der Waals surface area contributed by atoms with Gasteiger partial charge in [-0.2, -0.15) is 13.7 Å².